The van der Waals surface area contributed by atoms with Crippen molar-refractivity contribution in [2.45, 2.75) is 17.5 Å². The normalized spacial score (nSPS) is 11.0. The van der Waals surface area contributed by atoms with Crippen molar-refractivity contribution in [2.24, 2.45) is 27.9 Å². The standard InChI is InChI=1S/C19H22F3N9O3S/c20-19(21,22)9-5-10(30-14(32)1-3-27-18(25)26)15(35-4-2-23)11(6-9)31-17(34)13-7-12(16(24)33)28-8-29-13/h5-8H,1-4,23H2,(H2,24,33)(H,30,32)(H,31,34)(H4,25,26,27). The van der Waals surface area contributed by atoms with Crippen LogP contribution in [0.15, 0.2) is 34.4 Å². The minimum Gasteiger partial charge on any atom is -0.370 e. The van der Waals surface area contributed by atoms with E-state index in [4.69, 9.17) is 22.9 Å². The van der Waals surface area contributed by atoms with Crippen LogP contribution in [-0.2, 0) is 11.0 Å². The number of nitrogens with one attached hydrogen (secondary N) is 2. The highest BCUT2D eigenvalue weighted by molar-refractivity contribution is 7.99. The van der Waals surface area contributed by atoms with E-state index >= 15 is 0 Å². The molecule has 0 aliphatic carbocycles. The molecule has 0 saturated heterocycles. The summed E-state index contributed by atoms with van der Waals surface area (Å²) in [4.78, 5) is 47.5. The third-order valence-corrected chi connectivity index (χ3v) is 5.26. The first kappa shape index (κ1) is 27.3. The molecule has 3 amide bonds. The number of anilines is 2. The van der Waals surface area contributed by atoms with Crippen LogP contribution in [-0.4, -0.2) is 52.5 Å². The number of benzene rings is 1. The van der Waals surface area contributed by atoms with Crippen molar-refractivity contribution in [1.29, 1.82) is 0 Å². The maximum absolute atomic E-state index is 13.6. The monoisotopic (exact) mass is 513 g/mol. The number of rotatable bonds is 10. The summed E-state index contributed by atoms with van der Waals surface area (Å²) in [6.45, 7) is 0.0722. The fourth-order valence-corrected chi connectivity index (χ4v) is 3.45. The number of nitrogens with two attached hydrogens (primary N) is 4. The number of thioether (sulfide) groups is 1. The van der Waals surface area contributed by atoms with Crippen molar-refractivity contribution in [1.82, 2.24) is 9.97 Å². The molecule has 0 aliphatic heterocycles. The summed E-state index contributed by atoms with van der Waals surface area (Å²) in [7, 11) is 0. The van der Waals surface area contributed by atoms with E-state index in [-0.39, 0.29) is 58.9 Å². The zero-order valence-electron chi connectivity index (χ0n) is 18.1. The van der Waals surface area contributed by atoms with Gasteiger partial charge in [-0.1, -0.05) is 0 Å². The Morgan fingerprint density at radius 2 is 1.63 bits per heavy atom. The quantitative estimate of drug-likeness (QED) is 0.148. The Bertz CT molecular complexity index is 1140. The van der Waals surface area contributed by atoms with Crippen molar-refractivity contribution in [3.8, 4) is 0 Å². The number of halogens is 3. The number of carbonyl (C=O) groups is 3. The third-order valence-electron chi connectivity index (χ3n) is 4.09. The summed E-state index contributed by atoms with van der Waals surface area (Å²) < 4.78 is 40.8. The van der Waals surface area contributed by atoms with Crippen LogP contribution in [0.3, 0.4) is 0 Å². The van der Waals surface area contributed by atoms with Gasteiger partial charge < -0.3 is 33.6 Å². The zero-order chi connectivity index (χ0) is 26.2. The lowest BCUT2D eigenvalue weighted by molar-refractivity contribution is -0.137. The third kappa shape index (κ3) is 8.11. The molecule has 0 spiro atoms. The van der Waals surface area contributed by atoms with Gasteiger partial charge in [0.2, 0.25) is 5.91 Å². The smallest absolute Gasteiger partial charge is 0.370 e. The summed E-state index contributed by atoms with van der Waals surface area (Å²) in [5.41, 5.74) is 18.9. The van der Waals surface area contributed by atoms with Gasteiger partial charge in [-0.3, -0.25) is 19.4 Å². The maximum Gasteiger partial charge on any atom is 0.416 e. The molecule has 0 bridgehead atoms. The molecule has 35 heavy (non-hydrogen) atoms. The first-order valence-corrected chi connectivity index (χ1v) is 10.8. The molecule has 0 aliphatic rings. The molecule has 188 valence electrons. The second-order valence-corrected chi connectivity index (χ2v) is 7.85. The Labute approximate surface area is 201 Å². The Hall–Kier alpha value is -3.92. The first-order valence-electron chi connectivity index (χ1n) is 9.79. The van der Waals surface area contributed by atoms with Gasteiger partial charge in [0.1, 0.15) is 17.7 Å². The number of nitrogens with zero attached hydrogens (tertiary/aromatic N) is 3. The summed E-state index contributed by atoms with van der Waals surface area (Å²) in [5.74, 6) is -2.52. The number of aromatic nitrogens is 2. The molecule has 12 nitrogen and oxygen atoms in total. The number of aliphatic imine (C=N–C) groups is 1. The second kappa shape index (κ2) is 12.0. The van der Waals surface area contributed by atoms with Crippen LogP contribution in [0.5, 0.6) is 0 Å². The van der Waals surface area contributed by atoms with Gasteiger partial charge in [-0.15, -0.1) is 11.8 Å². The number of hydrogen-bond acceptors (Lipinski definition) is 8. The van der Waals surface area contributed by atoms with Crippen LogP contribution in [0.4, 0.5) is 24.5 Å². The van der Waals surface area contributed by atoms with Crippen LogP contribution < -0.4 is 33.6 Å². The Morgan fingerprint density at radius 3 is 2.20 bits per heavy atom. The molecule has 2 rings (SSSR count). The highest BCUT2D eigenvalue weighted by Crippen LogP contribution is 2.41. The van der Waals surface area contributed by atoms with Crippen LogP contribution >= 0.6 is 11.8 Å². The summed E-state index contributed by atoms with van der Waals surface area (Å²) in [6.07, 6.45) is -4.11. The fourth-order valence-electron chi connectivity index (χ4n) is 2.60. The number of carbonyl (C=O) groups excluding carboxylic acids is 3. The van der Waals surface area contributed by atoms with E-state index in [0.29, 0.717) is 6.07 Å². The molecule has 0 fully saturated rings. The molecule has 0 saturated carbocycles. The molecule has 1 aromatic carbocycles. The largest absolute Gasteiger partial charge is 0.416 e. The Kier molecular flexibility index (Phi) is 9.35. The first-order chi connectivity index (χ1) is 16.4. The van der Waals surface area contributed by atoms with Crippen molar-refractivity contribution >= 4 is 46.8 Å². The average Bonchev–Trinajstić information content (AvgIpc) is 2.77. The number of guanidine groups is 1. The molecule has 0 radical (unpaired) electrons. The van der Waals surface area contributed by atoms with Gasteiger partial charge >= 0.3 is 6.18 Å². The van der Waals surface area contributed by atoms with E-state index in [1.807, 2.05) is 0 Å². The van der Waals surface area contributed by atoms with Crippen LogP contribution in [0.25, 0.3) is 0 Å². The molecule has 10 N–H and O–H groups in total. The minimum absolute atomic E-state index is 0.0854. The lowest BCUT2D eigenvalue weighted by Gasteiger charge is -2.19. The summed E-state index contributed by atoms with van der Waals surface area (Å²) in [6, 6.07) is 2.44. The molecule has 0 atom stereocenters. The predicted molar refractivity (Wildman–Crippen MR) is 124 cm³/mol. The van der Waals surface area contributed by atoms with Crippen molar-refractivity contribution in [3.63, 3.8) is 0 Å². The van der Waals surface area contributed by atoms with E-state index in [1.165, 1.54) is 0 Å². The van der Waals surface area contributed by atoms with Gasteiger partial charge in [0, 0.05) is 24.8 Å². The van der Waals surface area contributed by atoms with Crippen LogP contribution in [0.1, 0.15) is 33.0 Å². The molecule has 1 heterocycles. The maximum atomic E-state index is 13.6. The van der Waals surface area contributed by atoms with Crippen LogP contribution in [0.2, 0.25) is 0 Å². The van der Waals surface area contributed by atoms with Crippen LogP contribution in [0, 0.1) is 0 Å². The zero-order valence-corrected chi connectivity index (χ0v) is 18.9. The lowest BCUT2D eigenvalue weighted by Crippen LogP contribution is -2.24. The van der Waals surface area contributed by atoms with Crippen molar-refractivity contribution in [3.05, 3.63) is 41.5 Å². The van der Waals surface area contributed by atoms with Gasteiger partial charge in [-0.25, -0.2) is 9.97 Å². The van der Waals surface area contributed by atoms with Crippen molar-refractivity contribution < 1.29 is 27.6 Å². The number of amides is 3. The van der Waals surface area contributed by atoms with E-state index in [2.05, 4.69) is 25.6 Å². The van der Waals surface area contributed by atoms with E-state index in [0.717, 1.165) is 30.2 Å². The minimum atomic E-state index is -4.80. The van der Waals surface area contributed by atoms with Gasteiger partial charge in [-0.05, 0) is 12.1 Å². The molecular weight excluding hydrogens is 491 g/mol. The average molecular weight is 514 g/mol. The SMILES string of the molecule is NCCSc1c(NC(=O)CCN=C(N)N)cc(C(F)(F)F)cc1NC(=O)c1cc(C(N)=O)ncn1. The van der Waals surface area contributed by atoms with Gasteiger partial charge in [0.05, 0.1) is 28.4 Å². The second-order valence-electron chi connectivity index (χ2n) is 6.75. The Morgan fingerprint density at radius 1 is 1.00 bits per heavy atom. The molecule has 1 aromatic heterocycles. The van der Waals surface area contributed by atoms with E-state index < -0.39 is 29.5 Å². The number of primary amides is 1. The molecule has 0 unspecified atom stereocenters. The predicted octanol–water partition coefficient (Wildman–Crippen LogP) is 0.499. The lowest BCUT2D eigenvalue weighted by atomic mass is 10.1. The van der Waals surface area contributed by atoms with Gasteiger partial charge in [0.15, 0.2) is 5.96 Å². The van der Waals surface area contributed by atoms with Crippen molar-refractivity contribution in [2.75, 3.05) is 29.5 Å². The van der Waals surface area contributed by atoms with E-state index in [9.17, 15) is 27.6 Å². The summed E-state index contributed by atoms with van der Waals surface area (Å²) in [5, 5.41) is 4.73. The van der Waals surface area contributed by atoms with Gasteiger partial charge in [-0.2, -0.15) is 13.2 Å². The van der Waals surface area contributed by atoms with E-state index in [1.54, 1.807) is 0 Å². The highest BCUT2D eigenvalue weighted by Gasteiger charge is 2.33. The summed E-state index contributed by atoms with van der Waals surface area (Å²) >= 11 is 1.01. The van der Waals surface area contributed by atoms with Gasteiger partial charge in [0.25, 0.3) is 11.8 Å². The Balaban J connectivity index is 2.49. The topological polar surface area (TPSA) is 217 Å². The molecule has 2 aromatic rings. The fraction of sp³-hybridized carbons (Fsp3) is 0.263. The molecule has 16 heteroatoms. The number of hydrogen-bond donors (Lipinski definition) is 6. The highest BCUT2D eigenvalue weighted by atomic mass is 32.2. The number of alkyl halides is 3. The molecular formula is C19H22F3N9O3S.